The zero-order chi connectivity index (χ0) is 35.3. The normalized spacial score (nSPS) is 18.0. The van der Waals surface area contributed by atoms with Crippen LogP contribution in [0.3, 0.4) is 0 Å². The number of aliphatic hydroxyl groups excluding tert-OH is 1. The molecule has 5 rings (SSSR count). The molecule has 5 N–H and O–H groups in total. The molecule has 0 saturated carbocycles. The molecule has 4 unspecified atom stereocenters. The van der Waals surface area contributed by atoms with Gasteiger partial charge in [-0.2, -0.15) is 0 Å². The summed E-state index contributed by atoms with van der Waals surface area (Å²) in [6.07, 6.45) is 2.94. The molecule has 1 saturated heterocycles. The molecule has 0 aromatic heterocycles. The average molecular weight is 679 g/mol. The summed E-state index contributed by atoms with van der Waals surface area (Å²) in [5, 5.41) is 15.4. The topological polar surface area (TPSA) is 126 Å². The minimum Gasteiger partial charge on any atom is -0.397 e. The first-order chi connectivity index (χ1) is 24.3. The molecule has 4 aromatic rings. The second-order valence-electron chi connectivity index (χ2n) is 13.1. The molecule has 0 bridgehead atoms. The predicted molar refractivity (Wildman–Crippen MR) is 197 cm³/mol. The number of ether oxygens (including phenoxy) is 2. The van der Waals surface area contributed by atoms with E-state index >= 15 is 0 Å². The highest BCUT2D eigenvalue weighted by molar-refractivity contribution is 5.93. The summed E-state index contributed by atoms with van der Waals surface area (Å²) in [4.78, 5) is 27.0. The Balaban J connectivity index is 1.10. The van der Waals surface area contributed by atoms with Crippen LogP contribution in [0.1, 0.15) is 91.7 Å². The van der Waals surface area contributed by atoms with Crippen molar-refractivity contribution >= 4 is 23.2 Å². The summed E-state index contributed by atoms with van der Waals surface area (Å²) in [7, 11) is 2.13. The van der Waals surface area contributed by atoms with Crippen molar-refractivity contribution in [3.05, 3.63) is 131 Å². The number of nitrogens with zero attached hydrogens (tertiary/aromatic N) is 1. The first-order valence-electron chi connectivity index (χ1n) is 17.5. The maximum atomic E-state index is 12.5. The Bertz CT molecular complexity index is 1650. The van der Waals surface area contributed by atoms with Gasteiger partial charge < -0.3 is 30.9 Å². The third-order valence-electron chi connectivity index (χ3n) is 9.33. The van der Waals surface area contributed by atoms with Gasteiger partial charge in [-0.15, -0.1) is 0 Å². The Hall–Kier alpha value is -4.54. The van der Waals surface area contributed by atoms with E-state index in [4.69, 9.17) is 15.2 Å². The fraction of sp³-hybridized carbons (Fsp3) is 0.366. The minimum absolute atomic E-state index is 0.00133. The number of benzene rings is 4. The lowest BCUT2D eigenvalue weighted by atomic mass is 9.99. The highest BCUT2D eigenvalue weighted by Crippen LogP contribution is 2.38. The van der Waals surface area contributed by atoms with Gasteiger partial charge in [0.2, 0.25) is 11.8 Å². The number of carbonyl (C=O) groups excluding carboxylic acids is 2. The molecule has 0 radical (unpaired) electrons. The van der Waals surface area contributed by atoms with E-state index in [2.05, 4.69) is 53.8 Å². The van der Waals surface area contributed by atoms with E-state index in [1.807, 2.05) is 66.7 Å². The van der Waals surface area contributed by atoms with Gasteiger partial charge in [0.1, 0.15) is 0 Å². The number of hydrogen-bond acceptors (Lipinski definition) is 7. The van der Waals surface area contributed by atoms with Gasteiger partial charge in [0.05, 0.1) is 30.2 Å². The smallest absolute Gasteiger partial charge is 0.224 e. The number of para-hydroxylation sites is 2. The van der Waals surface area contributed by atoms with Crippen LogP contribution in [0.2, 0.25) is 0 Å². The van der Waals surface area contributed by atoms with Gasteiger partial charge in [-0.3, -0.25) is 14.5 Å². The van der Waals surface area contributed by atoms with Crippen molar-refractivity contribution in [1.82, 2.24) is 10.2 Å². The zero-order valence-electron chi connectivity index (χ0n) is 29.1. The van der Waals surface area contributed by atoms with Crippen LogP contribution >= 0.6 is 0 Å². The lowest BCUT2D eigenvalue weighted by molar-refractivity contribution is -0.253. The molecule has 1 heterocycles. The molecule has 4 aromatic carbocycles. The molecule has 1 fully saturated rings. The Labute approximate surface area is 295 Å². The molecular weight excluding hydrogens is 628 g/mol. The number of amides is 2. The molecule has 4 atom stereocenters. The molecule has 2 amide bonds. The van der Waals surface area contributed by atoms with Gasteiger partial charge in [-0.05, 0) is 61.2 Å². The van der Waals surface area contributed by atoms with Crippen LogP contribution in [-0.4, -0.2) is 41.5 Å². The fourth-order valence-electron chi connectivity index (χ4n) is 6.15. The lowest BCUT2D eigenvalue weighted by Gasteiger charge is -2.39. The van der Waals surface area contributed by atoms with E-state index in [-0.39, 0.29) is 36.7 Å². The number of carbonyl (C=O) groups is 2. The van der Waals surface area contributed by atoms with Gasteiger partial charge in [0.15, 0.2) is 6.29 Å². The van der Waals surface area contributed by atoms with Gasteiger partial charge in [0.25, 0.3) is 0 Å². The van der Waals surface area contributed by atoms with Gasteiger partial charge in [-0.25, -0.2) is 0 Å². The second-order valence-corrected chi connectivity index (χ2v) is 13.1. The van der Waals surface area contributed by atoms with E-state index in [0.717, 1.165) is 35.2 Å². The van der Waals surface area contributed by atoms with Crippen LogP contribution in [0.4, 0.5) is 11.4 Å². The van der Waals surface area contributed by atoms with E-state index in [1.165, 1.54) is 5.56 Å². The number of nitrogen functional groups attached to an aromatic ring is 1. The number of nitrogens with one attached hydrogen (secondary N) is 2. The second kappa shape index (κ2) is 18.5. The number of likely N-dealkylation sites (N-methyl/N-ethyl adjacent to an activating group) is 1. The van der Waals surface area contributed by atoms with Gasteiger partial charge in [0, 0.05) is 44.0 Å². The maximum Gasteiger partial charge on any atom is 0.224 e. The Morgan fingerprint density at radius 3 is 2.16 bits per heavy atom. The number of nitrogens with two attached hydrogens (primary N) is 1. The molecular formula is C41H50N4O5. The molecule has 1 aliphatic rings. The van der Waals surface area contributed by atoms with Crippen molar-refractivity contribution in [2.24, 2.45) is 0 Å². The summed E-state index contributed by atoms with van der Waals surface area (Å²) in [5.41, 5.74) is 12.1. The first-order valence-corrected chi connectivity index (χ1v) is 17.5. The predicted octanol–water partition coefficient (Wildman–Crippen LogP) is 7.20. The van der Waals surface area contributed by atoms with E-state index in [0.29, 0.717) is 50.0 Å². The maximum absolute atomic E-state index is 12.5. The zero-order valence-corrected chi connectivity index (χ0v) is 29.1. The van der Waals surface area contributed by atoms with Gasteiger partial charge >= 0.3 is 0 Å². The Morgan fingerprint density at radius 1 is 0.820 bits per heavy atom. The summed E-state index contributed by atoms with van der Waals surface area (Å²) in [6.45, 7) is 3.37. The van der Waals surface area contributed by atoms with Crippen LogP contribution in [0, 0.1) is 0 Å². The van der Waals surface area contributed by atoms with Crippen molar-refractivity contribution in [3.8, 4) is 0 Å². The lowest BCUT2D eigenvalue weighted by Crippen LogP contribution is -2.38. The number of aliphatic hydroxyl groups is 1. The Kier molecular flexibility index (Phi) is 13.6. The number of unbranched alkanes of at least 4 members (excludes halogenated alkanes) is 2. The highest BCUT2D eigenvalue weighted by Gasteiger charge is 2.33. The molecule has 0 aliphatic carbocycles. The number of anilines is 2. The quantitative estimate of drug-likeness (QED) is 0.0729. The van der Waals surface area contributed by atoms with Crippen LogP contribution < -0.4 is 16.4 Å². The van der Waals surface area contributed by atoms with Crippen LogP contribution in [0.25, 0.3) is 0 Å². The van der Waals surface area contributed by atoms with Crippen molar-refractivity contribution in [2.45, 2.75) is 83.1 Å². The van der Waals surface area contributed by atoms with E-state index in [1.54, 1.807) is 12.1 Å². The minimum atomic E-state index is -0.549. The summed E-state index contributed by atoms with van der Waals surface area (Å²) in [6, 6.07) is 33.8. The summed E-state index contributed by atoms with van der Waals surface area (Å²) < 4.78 is 13.1. The molecule has 264 valence electrons. The van der Waals surface area contributed by atoms with E-state index in [9.17, 15) is 14.7 Å². The summed E-state index contributed by atoms with van der Waals surface area (Å²) >= 11 is 0. The van der Waals surface area contributed by atoms with Crippen molar-refractivity contribution < 1.29 is 24.2 Å². The molecule has 9 nitrogen and oxygen atoms in total. The van der Waals surface area contributed by atoms with Crippen LogP contribution in [-0.2, 0) is 32.2 Å². The van der Waals surface area contributed by atoms with Crippen molar-refractivity contribution in [2.75, 3.05) is 24.6 Å². The Morgan fingerprint density at radius 2 is 1.46 bits per heavy atom. The third kappa shape index (κ3) is 10.7. The largest absolute Gasteiger partial charge is 0.397 e. The molecule has 1 aliphatic heterocycles. The number of hydrogen-bond donors (Lipinski definition) is 4. The standard InChI is InChI=1S/C41H50N4O5/c1-29(32-11-5-3-6-12-32)45(2)27-35-25-38(33-21-19-31(28-46)20-22-33)50-41(49-35)34-23-17-30(18-24-34)26-43-39(47)15-7-4-8-16-40(48)44-37-14-10-9-13-36(37)42/h3,5-6,9-14,17-24,29,35,38,41,46H,4,7-8,15-16,25-28,42H2,1-2H3,(H,43,47)(H,44,48). The fourth-order valence-corrected chi connectivity index (χ4v) is 6.15. The monoisotopic (exact) mass is 678 g/mol. The van der Waals surface area contributed by atoms with E-state index < -0.39 is 6.29 Å². The summed E-state index contributed by atoms with van der Waals surface area (Å²) in [5.74, 6) is -0.0890. The third-order valence-corrected chi connectivity index (χ3v) is 9.33. The first kappa shape index (κ1) is 36.7. The van der Waals surface area contributed by atoms with Crippen molar-refractivity contribution in [3.63, 3.8) is 0 Å². The molecule has 50 heavy (non-hydrogen) atoms. The number of rotatable bonds is 16. The van der Waals surface area contributed by atoms with Crippen molar-refractivity contribution in [1.29, 1.82) is 0 Å². The highest BCUT2D eigenvalue weighted by atomic mass is 16.7. The average Bonchev–Trinajstić information content (AvgIpc) is 3.15. The van der Waals surface area contributed by atoms with Crippen LogP contribution in [0.15, 0.2) is 103 Å². The SMILES string of the molecule is CC(c1ccccc1)N(C)CC1CC(c2ccc(CO)cc2)OC(c2ccc(CNC(=O)CCCCCC(=O)Nc3ccccc3N)cc2)O1. The molecule has 9 heteroatoms. The van der Waals surface area contributed by atoms with Gasteiger partial charge in [-0.1, -0.05) is 97.4 Å². The molecule has 0 spiro atoms. The van der Waals surface area contributed by atoms with Crippen LogP contribution in [0.5, 0.6) is 0 Å².